The van der Waals surface area contributed by atoms with Crippen molar-refractivity contribution in [3.05, 3.63) is 35.4 Å². The van der Waals surface area contributed by atoms with E-state index in [0.717, 1.165) is 4.90 Å². The first kappa shape index (κ1) is 15.2. The third kappa shape index (κ3) is 2.38. The van der Waals surface area contributed by atoms with Gasteiger partial charge in [-0.2, -0.15) is 0 Å². The largest absolute Gasteiger partial charge is 0.481 e. The van der Waals surface area contributed by atoms with Gasteiger partial charge < -0.3 is 10.0 Å². The van der Waals surface area contributed by atoms with Crippen LogP contribution in [-0.4, -0.2) is 57.7 Å². The fraction of sp³-hybridized carbons (Fsp3) is 0.375. The average Bonchev–Trinajstić information content (AvgIpc) is 3.02. The third-order valence-corrected chi connectivity index (χ3v) is 4.56. The molecule has 2 aliphatic rings. The number of nitrogens with zero attached hydrogens (tertiary/aromatic N) is 2. The molecule has 0 spiro atoms. The van der Waals surface area contributed by atoms with E-state index in [2.05, 4.69) is 0 Å². The van der Waals surface area contributed by atoms with Gasteiger partial charge in [0.15, 0.2) is 0 Å². The molecule has 3 rings (SSSR count). The van der Waals surface area contributed by atoms with Gasteiger partial charge >= 0.3 is 5.97 Å². The molecule has 1 aromatic rings. The van der Waals surface area contributed by atoms with Crippen LogP contribution in [0.25, 0.3) is 0 Å². The van der Waals surface area contributed by atoms with E-state index in [4.69, 9.17) is 5.11 Å². The summed E-state index contributed by atoms with van der Waals surface area (Å²) in [5, 5.41) is 9.11. The Labute approximate surface area is 132 Å². The third-order valence-electron chi connectivity index (χ3n) is 4.56. The van der Waals surface area contributed by atoms with Gasteiger partial charge in [-0.3, -0.25) is 24.1 Å². The topological polar surface area (TPSA) is 95.0 Å². The first-order chi connectivity index (χ1) is 10.9. The molecule has 1 aromatic carbocycles. The second kappa shape index (κ2) is 5.49. The van der Waals surface area contributed by atoms with Gasteiger partial charge in [-0.1, -0.05) is 12.1 Å². The van der Waals surface area contributed by atoms with E-state index < -0.39 is 35.7 Å². The predicted octanol–water partition coefficient (Wildman–Crippen LogP) is 0.604. The molecule has 0 radical (unpaired) electrons. The molecule has 2 atom stereocenters. The Bertz CT molecular complexity index is 679. The highest BCUT2D eigenvalue weighted by Gasteiger charge is 2.41. The maximum Gasteiger partial charge on any atom is 0.308 e. The molecule has 7 nitrogen and oxygen atoms in total. The summed E-state index contributed by atoms with van der Waals surface area (Å²) < 4.78 is 0. The van der Waals surface area contributed by atoms with Crippen LogP contribution in [-0.2, 0) is 9.59 Å². The summed E-state index contributed by atoms with van der Waals surface area (Å²) in [6, 6.07) is 5.98. The summed E-state index contributed by atoms with van der Waals surface area (Å²) in [5.41, 5.74) is 0.589. The van der Waals surface area contributed by atoms with E-state index in [0.29, 0.717) is 24.1 Å². The number of aliphatic carboxylic acids is 1. The summed E-state index contributed by atoms with van der Waals surface area (Å²) in [7, 11) is 0. The number of amides is 3. The first-order valence-electron chi connectivity index (χ1n) is 7.39. The zero-order valence-corrected chi connectivity index (χ0v) is 12.6. The van der Waals surface area contributed by atoms with Crippen molar-refractivity contribution in [1.82, 2.24) is 9.80 Å². The summed E-state index contributed by atoms with van der Waals surface area (Å²) in [6.07, 6.45) is 0.379. The molecule has 1 saturated heterocycles. The molecule has 0 aliphatic carbocycles. The van der Waals surface area contributed by atoms with Gasteiger partial charge in [0, 0.05) is 12.6 Å². The SMILES string of the molecule is CC1C(C(=O)O)CCN1C(=O)CN1C(=O)c2ccccc2C1=O. The van der Waals surface area contributed by atoms with E-state index in [9.17, 15) is 19.2 Å². The fourth-order valence-corrected chi connectivity index (χ4v) is 3.23. The van der Waals surface area contributed by atoms with Crippen LogP contribution in [0.15, 0.2) is 24.3 Å². The number of hydrogen-bond acceptors (Lipinski definition) is 4. The molecular weight excluding hydrogens is 300 g/mol. The van der Waals surface area contributed by atoms with Crippen molar-refractivity contribution in [1.29, 1.82) is 0 Å². The quantitative estimate of drug-likeness (QED) is 0.824. The zero-order chi connectivity index (χ0) is 16.7. The second-order valence-electron chi connectivity index (χ2n) is 5.80. The van der Waals surface area contributed by atoms with Crippen molar-refractivity contribution < 1.29 is 24.3 Å². The zero-order valence-electron chi connectivity index (χ0n) is 12.6. The number of rotatable bonds is 3. The number of benzene rings is 1. The highest BCUT2D eigenvalue weighted by atomic mass is 16.4. The predicted molar refractivity (Wildman–Crippen MR) is 78.7 cm³/mol. The molecule has 2 heterocycles. The molecule has 7 heteroatoms. The highest BCUT2D eigenvalue weighted by Crippen LogP contribution is 2.26. The van der Waals surface area contributed by atoms with Gasteiger partial charge in [0.1, 0.15) is 6.54 Å². The van der Waals surface area contributed by atoms with Crippen molar-refractivity contribution >= 4 is 23.7 Å². The van der Waals surface area contributed by atoms with Crippen LogP contribution in [0.5, 0.6) is 0 Å². The molecular formula is C16H16N2O5. The number of hydrogen-bond donors (Lipinski definition) is 1. The molecule has 2 unspecified atom stereocenters. The number of likely N-dealkylation sites (tertiary alicyclic amines) is 1. The van der Waals surface area contributed by atoms with Crippen LogP contribution >= 0.6 is 0 Å². The Balaban J connectivity index is 1.74. The molecule has 2 aliphatic heterocycles. The molecule has 0 aromatic heterocycles. The number of carboxylic acid groups (broad SMARTS) is 1. The second-order valence-corrected chi connectivity index (χ2v) is 5.80. The molecule has 23 heavy (non-hydrogen) atoms. The van der Waals surface area contributed by atoms with Crippen molar-refractivity contribution in [3.63, 3.8) is 0 Å². The minimum absolute atomic E-state index is 0.295. The summed E-state index contributed by atoms with van der Waals surface area (Å²) >= 11 is 0. The lowest BCUT2D eigenvalue weighted by Crippen LogP contribution is -2.45. The standard InChI is InChI=1S/C16H16N2O5/c1-9-10(16(22)23)6-7-17(9)13(19)8-18-14(20)11-4-2-3-5-12(11)15(18)21/h2-5,9-10H,6-8H2,1H3,(H,22,23). The van der Waals surface area contributed by atoms with Gasteiger partial charge in [0.05, 0.1) is 17.0 Å². The minimum Gasteiger partial charge on any atom is -0.481 e. The normalized spacial score (nSPS) is 23.3. The number of imide groups is 1. The van der Waals surface area contributed by atoms with Gasteiger partial charge in [-0.15, -0.1) is 0 Å². The summed E-state index contributed by atoms with van der Waals surface area (Å²) in [6.45, 7) is 1.63. The average molecular weight is 316 g/mol. The van der Waals surface area contributed by atoms with Crippen molar-refractivity contribution in [2.75, 3.05) is 13.1 Å². The summed E-state index contributed by atoms with van der Waals surface area (Å²) in [5.74, 6) is -2.92. The molecule has 0 saturated carbocycles. The van der Waals surface area contributed by atoms with Crippen LogP contribution in [0.4, 0.5) is 0 Å². The van der Waals surface area contributed by atoms with Crippen LogP contribution < -0.4 is 0 Å². The van der Waals surface area contributed by atoms with Crippen LogP contribution in [0.1, 0.15) is 34.1 Å². The molecule has 0 bridgehead atoms. The number of carbonyl (C=O) groups excluding carboxylic acids is 3. The van der Waals surface area contributed by atoms with Crippen molar-refractivity contribution in [2.24, 2.45) is 5.92 Å². The van der Waals surface area contributed by atoms with Crippen molar-refractivity contribution in [2.45, 2.75) is 19.4 Å². The number of fused-ring (bicyclic) bond motifs is 1. The Kier molecular flexibility index (Phi) is 3.63. The van der Waals surface area contributed by atoms with Gasteiger partial charge in [0.2, 0.25) is 5.91 Å². The lowest BCUT2D eigenvalue weighted by atomic mass is 10.0. The van der Waals surface area contributed by atoms with Gasteiger partial charge in [0.25, 0.3) is 11.8 Å². The monoisotopic (exact) mass is 316 g/mol. The molecule has 1 fully saturated rings. The first-order valence-corrected chi connectivity index (χ1v) is 7.39. The minimum atomic E-state index is -0.937. The number of carboxylic acids is 1. The molecule has 1 N–H and O–H groups in total. The van der Waals surface area contributed by atoms with Crippen LogP contribution in [0, 0.1) is 5.92 Å². The van der Waals surface area contributed by atoms with Crippen LogP contribution in [0.2, 0.25) is 0 Å². The Hall–Kier alpha value is -2.70. The summed E-state index contributed by atoms with van der Waals surface area (Å²) in [4.78, 5) is 50.4. The van der Waals surface area contributed by atoms with E-state index in [-0.39, 0.29) is 6.54 Å². The van der Waals surface area contributed by atoms with E-state index in [1.807, 2.05) is 0 Å². The lowest BCUT2D eigenvalue weighted by molar-refractivity contribution is -0.143. The Morgan fingerprint density at radius 3 is 2.22 bits per heavy atom. The Morgan fingerprint density at radius 2 is 1.74 bits per heavy atom. The van der Waals surface area contributed by atoms with E-state index in [1.165, 1.54) is 4.90 Å². The van der Waals surface area contributed by atoms with E-state index in [1.54, 1.807) is 31.2 Å². The molecule has 3 amide bonds. The fourth-order valence-electron chi connectivity index (χ4n) is 3.23. The molecule has 120 valence electrons. The highest BCUT2D eigenvalue weighted by molar-refractivity contribution is 6.22. The lowest BCUT2D eigenvalue weighted by Gasteiger charge is -2.25. The van der Waals surface area contributed by atoms with Crippen LogP contribution in [0.3, 0.4) is 0 Å². The number of carbonyl (C=O) groups is 4. The maximum absolute atomic E-state index is 12.4. The smallest absolute Gasteiger partial charge is 0.308 e. The van der Waals surface area contributed by atoms with Gasteiger partial charge in [-0.05, 0) is 25.5 Å². The van der Waals surface area contributed by atoms with Gasteiger partial charge in [-0.25, -0.2) is 0 Å². The maximum atomic E-state index is 12.4. The van der Waals surface area contributed by atoms with E-state index >= 15 is 0 Å². The Morgan fingerprint density at radius 1 is 1.17 bits per heavy atom. The van der Waals surface area contributed by atoms with Crippen molar-refractivity contribution in [3.8, 4) is 0 Å².